The summed E-state index contributed by atoms with van der Waals surface area (Å²) in [4.78, 5) is 4.61. The summed E-state index contributed by atoms with van der Waals surface area (Å²) in [5.74, 6) is 0. The molecule has 0 amide bonds. The standard InChI is InChI=1S/C16H16N2O/c1-11-3-5-14(7-12(11)2)15-9-18-8-13(10-19)4-6-16(18)17-15/h3-9,19H,10H2,1-2H3. The zero-order chi connectivity index (χ0) is 13.4. The van der Waals surface area contributed by atoms with Crippen molar-refractivity contribution in [3.63, 3.8) is 0 Å². The van der Waals surface area contributed by atoms with Crippen molar-refractivity contribution >= 4 is 5.65 Å². The largest absolute Gasteiger partial charge is 0.392 e. The molecule has 2 aromatic heterocycles. The lowest BCUT2D eigenvalue weighted by Gasteiger charge is -2.01. The van der Waals surface area contributed by atoms with Crippen molar-refractivity contribution < 1.29 is 5.11 Å². The third-order valence-electron chi connectivity index (χ3n) is 3.50. The van der Waals surface area contributed by atoms with Gasteiger partial charge in [0.15, 0.2) is 0 Å². The van der Waals surface area contributed by atoms with Gasteiger partial charge in [-0.25, -0.2) is 4.98 Å². The second-order valence-corrected chi connectivity index (χ2v) is 4.89. The second-order valence-electron chi connectivity index (χ2n) is 4.89. The maximum Gasteiger partial charge on any atom is 0.137 e. The normalized spacial score (nSPS) is 11.1. The van der Waals surface area contributed by atoms with Crippen LogP contribution in [0.15, 0.2) is 42.7 Å². The zero-order valence-electron chi connectivity index (χ0n) is 11.1. The Morgan fingerprint density at radius 2 is 1.89 bits per heavy atom. The molecule has 0 saturated heterocycles. The summed E-state index contributed by atoms with van der Waals surface area (Å²) in [7, 11) is 0. The van der Waals surface area contributed by atoms with Gasteiger partial charge in [-0.15, -0.1) is 0 Å². The Bertz CT molecular complexity index is 744. The van der Waals surface area contributed by atoms with Crippen LogP contribution in [0, 0.1) is 13.8 Å². The first-order valence-electron chi connectivity index (χ1n) is 6.33. The van der Waals surface area contributed by atoms with Gasteiger partial charge in [0.2, 0.25) is 0 Å². The summed E-state index contributed by atoms with van der Waals surface area (Å²) in [6, 6.07) is 10.2. The average molecular weight is 252 g/mol. The van der Waals surface area contributed by atoms with Crippen molar-refractivity contribution in [3.8, 4) is 11.3 Å². The highest BCUT2D eigenvalue weighted by Crippen LogP contribution is 2.22. The van der Waals surface area contributed by atoms with Gasteiger partial charge >= 0.3 is 0 Å². The highest BCUT2D eigenvalue weighted by molar-refractivity contribution is 5.64. The predicted octanol–water partition coefficient (Wildman–Crippen LogP) is 3.11. The van der Waals surface area contributed by atoms with Gasteiger partial charge in [-0.3, -0.25) is 0 Å². The van der Waals surface area contributed by atoms with Crippen molar-refractivity contribution in [3.05, 3.63) is 59.4 Å². The molecule has 0 radical (unpaired) electrons. The van der Waals surface area contributed by atoms with Crippen LogP contribution in [0.1, 0.15) is 16.7 Å². The van der Waals surface area contributed by atoms with Crippen LogP contribution >= 0.6 is 0 Å². The van der Waals surface area contributed by atoms with Crippen LogP contribution in [0.2, 0.25) is 0 Å². The van der Waals surface area contributed by atoms with Crippen LogP contribution in [-0.2, 0) is 6.61 Å². The van der Waals surface area contributed by atoms with E-state index in [1.165, 1.54) is 11.1 Å². The van der Waals surface area contributed by atoms with Gasteiger partial charge in [0.25, 0.3) is 0 Å². The lowest BCUT2D eigenvalue weighted by Crippen LogP contribution is -1.88. The van der Waals surface area contributed by atoms with E-state index in [1.54, 1.807) is 0 Å². The molecule has 0 atom stereocenters. The van der Waals surface area contributed by atoms with Gasteiger partial charge in [0.1, 0.15) is 5.65 Å². The van der Waals surface area contributed by atoms with Crippen LogP contribution in [0.5, 0.6) is 0 Å². The average Bonchev–Trinajstić information content (AvgIpc) is 2.84. The van der Waals surface area contributed by atoms with Gasteiger partial charge in [-0.1, -0.05) is 18.2 Å². The first-order valence-corrected chi connectivity index (χ1v) is 6.33. The molecule has 0 fully saturated rings. The third-order valence-corrected chi connectivity index (χ3v) is 3.50. The summed E-state index contributed by atoms with van der Waals surface area (Å²) in [5.41, 5.74) is 6.41. The maximum atomic E-state index is 9.15. The number of pyridine rings is 1. The molecule has 1 aromatic carbocycles. The first-order chi connectivity index (χ1) is 9.17. The minimum Gasteiger partial charge on any atom is -0.392 e. The molecule has 0 unspecified atom stereocenters. The van der Waals surface area contributed by atoms with E-state index < -0.39 is 0 Å². The highest BCUT2D eigenvalue weighted by Gasteiger charge is 2.05. The number of hydrogen-bond acceptors (Lipinski definition) is 2. The monoisotopic (exact) mass is 252 g/mol. The van der Waals surface area contributed by atoms with E-state index >= 15 is 0 Å². The van der Waals surface area contributed by atoms with Crippen molar-refractivity contribution in [1.82, 2.24) is 9.38 Å². The molecular formula is C16H16N2O. The molecule has 0 aliphatic carbocycles. The van der Waals surface area contributed by atoms with Crippen molar-refractivity contribution in [2.45, 2.75) is 20.5 Å². The Balaban J connectivity index is 2.11. The fourth-order valence-electron chi connectivity index (χ4n) is 2.17. The minimum atomic E-state index is 0.0487. The molecule has 0 saturated carbocycles. The number of aliphatic hydroxyl groups is 1. The van der Waals surface area contributed by atoms with E-state index in [0.717, 1.165) is 22.5 Å². The van der Waals surface area contributed by atoms with Crippen LogP contribution < -0.4 is 0 Å². The van der Waals surface area contributed by atoms with Gasteiger partial charge < -0.3 is 9.51 Å². The Morgan fingerprint density at radius 1 is 1.05 bits per heavy atom. The van der Waals surface area contributed by atoms with E-state index in [2.05, 4.69) is 37.0 Å². The van der Waals surface area contributed by atoms with Gasteiger partial charge in [-0.05, 0) is 42.7 Å². The third kappa shape index (κ3) is 2.13. The Labute approximate surface area is 112 Å². The number of hydrogen-bond donors (Lipinski definition) is 1. The van der Waals surface area contributed by atoms with Crippen molar-refractivity contribution in [1.29, 1.82) is 0 Å². The molecule has 0 aliphatic rings. The number of aliphatic hydroxyl groups excluding tert-OH is 1. The van der Waals surface area contributed by atoms with E-state index in [9.17, 15) is 0 Å². The number of benzene rings is 1. The van der Waals surface area contributed by atoms with Crippen LogP contribution in [0.25, 0.3) is 16.9 Å². The topological polar surface area (TPSA) is 37.5 Å². The predicted molar refractivity (Wildman–Crippen MR) is 76.0 cm³/mol. The number of rotatable bonds is 2. The molecule has 3 aromatic rings. The van der Waals surface area contributed by atoms with E-state index in [1.807, 2.05) is 28.9 Å². The van der Waals surface area contributed by atoms with E-state index in [0.29, 0.717) is 0 Å². The fourth-order valence-corrected chi connectivity index (χ4v) is 2.17. The Morgan fingerprint density at radius 3 is 2.63 bits per heavy atom. The summed E-state index contributed by atoms with van der Waals surface area (Å²) in [5, 5.41) is 9.15. The highest BCUT2D eigenvalue weighted by atomic mass is 16.3. The molecule has 19 heavy (non-hydrogen) atoms. The molecule has 0 spiro atoms. The van der Waals surface area contributed by atoms with Gasteiger partial charge in [0, 0.05) is 18.0 Å². The summed E-state index contributed by atoms with van der Waals surface area (Å²) in [6.45, 7) is 4.27. The van der Waals surface area contributed by atoms with Crippen LogP contribution in [0.3, 0.4) is 0 Å². The lowest BCUT2D eigenvalue weighted by molar-refractivity contribution is 0.281. The number of aryl methyl sites for hydroxylation is 2. The molecule has 0 aliphatic heterocycles. The Kier molecular flexibility index (Phi) is 2.84. The molecule has 3 heteroatoms. The minimum absolute atomic E-state index is 0.0487. The van der Waals surface area contributed by atoms with Crippen molar-refractivity contribution in [2.24, 2.45) is 0 Å². The smallest absolute Gasteiger partial charge is 0.137 e. The SMILES string of the molecule is Cc1ccc(-c2cn3cc(CO)ccc3n2)cc1C. The lowest BCUT2D eigenvalue weighted by atomic mass is 10.1. The Hall–Kier alpha value is -2.13. The number of fused-ring (bicyclic) bond motifs is 1. The maximum absolute atomic E-state index is 9.15. The summed E-state index contributed by atoms with van der Waals surface area (Å²) >= 11 is 0. The molecular weight excluding hydrogens is 236 g/mol. The molecule has 3 rings (SSSR count). The zero-order valence-corrected chi connectivity index (χ0v) is 11.1. The summed E-state index contributed by atoms with van der Waals surface area (Å²) < 4.78 is 1.95. The molecule has 2 heterocycles. The van der Waals surface area contributed by atoms with E-state index in [4.69, 9.17) is 5.11 Å². The molecule has 96 valence electrons. The number of imidazole rings is 1. The van der Waals surface area contributed by atoms with Gasteiger partial charge in [0.05, 0.1) is 12.3 Å². The number of nitrogens with zero attached hydrogens (tertiary/aromatic N) is 2. The quantitative estimate of drug-likeness (QED) is 0.761. The second kappa shape index (κ2) is 4.52. The van der Waals surface area contributed by atoms with Crippen LogP contribution in [0.4, 0.5) is 0 Å². The number of aromatic nitrogens is 2. The molecule has 0 bridgehead atoms. The molecule has 3 nitrogen and oxygen atoms in total. The fraction of sp³-hybridized carbons (Fsp3) is 0.188. The summed E-state index contributed by atoms with van der Waals surface area (Å²) in [6.07, 6.45) is 3.91. The van der Waals surface area contributed by atoms with Crippen molar-refractivity contribution in [2.75, 3.05) is 0 Å². The van der Waals surface area contributed by atoms with Gasteiger partial charge in [-0.2, -0.15) is 0 Å². The van der Waals surface area contributed by atoms with Crippen LogP contribution in [-0.4, -0.2) is 14.5 Å². The molecule has 1 N–H and O–H groups in total. The first kappa shape index (κ1) is 11.9. The van der Waals surface area contributed by atoms with E-state index in [-0.39, 0.29) is 6.61 Å².